The molecule has 0 fully saturated rings. The van der Waals surface area contributed by atoms with Crippen molar-refractivity contribution < 1.29 is 23.5 Å². The molecule has 0 aliphatic rings. The van der Waals surface area contributed by atoms with Crippen molar-refractivity contribution in [2.24, 2.45) is 0 Å². The predicted octanol–water partition coefficient (Wildman–Crippen LogP) is 3.26. The van der Waals surface area contributed by atoms with Crippen LogP contribution in [0.4, 0.5) is 4.79 Å². The third kappa shape index (κ3) is 6.67. The predicted molar refractivity (Wildman–Crippen MR) is 118 cm³/mol. The van der Waals surface area contributed by atoms with E-state index >= 15 is 0 Å². The molecule has 0 saturated heterocycles. The van der Waals surface area contributed by atoms with Crippen LogP contribution in [-0.2, 0) is 17.8 Å². The van der Waals surface area contributed by atoms with Crippen molar-refractivity contribution in [3.8, 4) is 11.5 Å². The molecule has 1 aromatic carbocycles. The van der Waals surface area contributed by atoms with Gasteiger partial charge >= 0.3 is 6.03 Å². The van der Waals surface area contributed by atoms with Crippen LogP contribution in [0.5, 0.6) is 11.5 Å². The van der Waals surface area contributed by atoms with Gasteiger partial charge < -0.3 is 28.6 Å². The Labute approximate surface area is 184 Å². The zero-order chi connectivity index (χ0) is 23.0. The highest BCUT2D eigenvalue weighted by Crippen LogP contribution is 2.27. The smallest absolute Gasteiger partial charge is 0.320 e. The number of hydrogen-bond donors (Lipinski definition) is 0. The lowest BCUT2D eigenvalue weighted by Gasteiger charge is -2.31. The molecular weight excluding hydrogens is 398 g/mol. The largest absolute Gasteiger partial charge is 0.493 e. The Balaban J connectivity index is 2.16. The minimum Gasteiger partial charge on any atom is -0.493 e. The number of urea groups is 1. The van der Waals surface area contributed by atoms with E-state index in [1.165, 1.54) is 4.90 Å². The molecular formula is C23H33N3O5. The van der Waals surface area contributed by atoms with E-state index in [2.05, 4.69) is 0 Å². The fourth-order valence-corrected chi connectivity index (χ4v) is 3.16. The lowest BCUT2D eigenvalue weighted by atomic mass is 10.1. The second kappa shape index (κ2) is 11.3. The Morgan fingerprint density at radius 1 is 1.06 bits per heavy atom. The van der Waals surface area contributed by atoms with Gasteiger partial charge in [0.1, 0.15) is 12.3 Å². The van der Waals surface area contributed by atoms with E-state index < -0.39 is 0 Å². The molecule has 0 atom stereocenters. The second-order valence-electron chi connectivity index (χ2n) is 7.73. The lowest BCUT2D eigenvalue weighted by Crippen LogP contribution is -2.49. The minimum absolute atomic E-state index is 0.00131. The molecule has 0 unspecified atom stereocenters. The fourth-order valence-electron chi connectivity index (χ4n) is 3.16. The summed E-state index contributed by atoms with van der Waals surface area (Å²) in [7, 11) is 6.55. The number of furan rings is 1. The first kappa shape index (κ1) is 24.1. The standard InChI is InChI=1S/C23H33N3O5/c1-17(2)26(23(28)24(3)4)16-22(27)25(15-19-8-7-13-31-19)12-11-18-9-10-20(29-5)21(14-18)30-6/h7-10,13-14,17H,11-12,15-16H2,1-6H3. The van der Waals surface area contributed by atoms with Crippen LogP contribution in [0.3, 0.4) is 0 Å². The Morgan fingerprint density at radius 2 is 1.77 bits per heavy atom. The van der Waals surface area contributed by atoms with Gasteiger partial charge in [-0.15, -0.1) is 0 Å². The molecule has 0 saturated carbocycles. The Kier molecular flexibility index (Phi) is 8.78. The molecule has 0 N–H and O–H groups in total. The molecule has 8 nitrogen and oxygen atoms in total. The Morgan fingerprint density at radius 3 is 2.32 bits per heavy atom. The van der Waals surface area contributed by atoms with E-state index in [-0.39, 0.29) is 24.5 Å². The van der Waals surface area contributed by atoms with E-state index in [9.17, 15) is 9.59 Å². The summed E-state index contributed by atoms with van der Waals surface area (Å²) in [5.41, 5.74) is 1.01. The molecule has 3 amide bonds. The van der Waals surface area contributed by atoms with Crippen LogP contribution in [0.15, 0.2) is 41.0 Å². The summed E-state index contributed by atoms with van der Waals surface area (Å²) >= 11 is 0. The lowest BCUT2D eigenvalue weighted by molar-refractivity contribution is -0.133. The highest BCUT2D eigenvalue weighted by Gasteiger charge is 2.25. The number of nitrogens with zero attached hydrogens (tertiary/aromatic N) is 3. The first-order valence-corrected chi connectivity index (χ1v) is 10.3. The van der Waals surface area contributed by atoms with Crippen LogP contribution in [-0.4, -0.2) is 74.1 Å². The van der Waals surface area contributed by atoms with E-state index in [1.807, 2.05) is 38.1 Å². The van der Waals surface area contributed by atoms with E-state index in [4.69, 9.17) is 13.9 Å². The van der Waals surface area contributed by atoms with Crippen molar-refractivity contribution in [3.63, 3.8) is 0 Å². The van der Waals surface area contributed by atoms with Crippen LogP contribution in [0.2, 0.25) is 0 Å². The highest BCUT2D eigenvalue weighted by molar-refractivity contribution is 5.84. The van der Waals surface area contributed by atoms with Gasteiger partial charge in [0.25, 0.3) is 0 Å². The SMILES string of the molecule is COc1ccc(CCN(Cc2ccco2)C(=O)CN(C(=O)N(C)C)C(C)C)cc1OC. The summed E-state index contributed by atoms with van der Waals surface area (Å²) in [6, 6.07) is 9.04. The number of carbonyl (C=O) groups is 2. The Bertz CT molecular complexity index is 849. The van der Waals surface area contributed by atoms with Gasteiger partial charge in [0.2, 0.25) is 5.91 Å². The summed E-state index contributed by atoms with van der Waals surface area (Å²) in [4.78, 5) is 30.4. The summed E-state index contributed by atoms with van der Waals surface area (Å²) in [6.07, 6.45) is 2.21. The molecule has 2 rings (SSSR count). The average Bonchev–Trinajstić information content (AvgIpc) is 3.26. The molecule has 0 bridgehead atoms. The van der Waals surface area contributed by atoms with Crippen molar-refractivity contribution in [2.45, 2.75) is 32.9 Å². The van der Waals surface area contributed by atoms with Crippen molar-refractivity contribution in [3.05, 3.63) is 47.9 Å². The van der Waals surface area contributed by atoms with Crippen LogP contribution in [0.1, 0.15) is 25.2 Å². The number of methoxy groups -OCH3 is 2. The number of amides is 3. The summed E-state index contributed by atoms with van der Waals surface area (Å²) < 4.78 is 16.1. The van der Waals surface area contributed by atoms with E-state index in [0.717, 1.165) is 5.56 Å². The van der Waals surface area contributed by atoms with Crippen LogP contribution >= 0.6 is 0 Å². The normalized spacial score (nSPS) is 10.7. The molecule has 8 heteroatoms. The Hall–Kier alpha value is -3.16. The van der Waals surface area contributed by atoms with Gasteiger partial charge in [0, 0.05) is 26.7 Å². The maximum absolute atomic E-state index is 13.2. The van der Waals surface area contributed by atoms with Gasteiger partial charge in [0.15, 0.2) is 11.5 Å². The fraction of sp³-hybridized carbons (Fsp3) is 0.478. The molecule has 170 valence electrons. The van der Waals surface area contributed by atoms with Crippen LogP contribution < -0.4 is 9.47 Å². The molecule has 1 aromatic heterocycles. The van der Waals surface area contributed by atoms with Gasteiger partial charge in [0.05, 0.1) is 27.0 Å². The van der Waals surface area contributed by atoms with Crippen LogP contribution in [0, 0.1) is 0 Å². The molecule has 0 aliphatic heterocycles. The van der Waals surface area contributed by atoms with Crippen LogP contribution in [0.25, 0.3) is 0 Å². The van der Waals surface area contributed by atoms with Crippen molar-refractivity contribution in [1.82, 2.24) is 14.7 Å². The first-order chi connectivity index (χ1) is 14.8. The maximum Gasteiger partial charge on any atom is 0.320 e. The summed E-state index contributed by atoms with van der Waals surface area (Å²) in [5, 5.41) is 0. The number of rotatable bonds is 10. The second-order valence-corrected chi connectivity index (χ2v) is 7.73. The van der Waals surface area contributed by atoms with Gasteiger partial charge in [-0.1, -0.05) is 6.07 Å². The van der Waals surface area contributed by atoms with Gasteiger partial charge in [-0.25, -0.2) is 4.79 Å². The van der Waals surface area contributed by atoms with Crippen molar-refractivity contribution in [1.29, 1.82) is 0 Å². The molecule has 1 heterocycles. The summed E-state index contributed by atoms with van der Waals surface area (Å²) in [6.45, 7) is 4.60. The molecule has 0 radical (unpaired) electrons. The minimum atomic E-state index is -0.193. The van der Waals surface area contributed by atoms with Crippen molar-refractivity contribution in [2.75, 3.05) is 41.4 Å². The molecule has 2 aromatic rings. The number of hydrogen-bond acceptors (Lipinski definition) is 5. The zero-order valence-electron chi connectivity index (χ0n) is 19.3. The third-order valence-electron chi connectivity index (χ3n) is 4.96. The highest BCUT2D eigenvalue weighted by atomic mass is 16.5. The average molecular weight is 432 g/mol. The first-order valence-electron chi connectivity index (χ1n) is 10.3. The van der Waals surface area contributed by atoms with Gasteiger partial charge in [-0.2, -0.15) is 0 Å². The van der Waals surface area contributed by atoms with E-state index in [1.54, 1.807) is 50.4 Å². The zero-order valence-corrected chi connectivity index (χ0v) is 19.3. The quantitative estimate of drug-likeness (QED) is 0.577. The monoisotopic (exact) mass is 431 g/mol. The maximum atomic E-state index is 13.2. The number of ether oxygens (including phenoxy) is 2. The molecule has 0 aliphatic carbocycles. The number of carbonyl (C=O) groups excluding carboxylic acids is 2. The molecule has 31 heavy (non-hydrogen) atoms. The van der Waals surface area contributed by atoms with Gasteiger partial charge in [-0.3, -0.25) is 4.79 Å². The van der Waals surface area contributed by atoms with Crippen molar-refractivity contribution >= 4 is 11.9 Å². The van der Waals surface area contributed by atoms with E-state index in [0.29, 0.717) is 36.8 Å². The van der Waals surface area contributed by atoms with Gasteiger partial charge in [-0.05, 0) is 50.1 Å². The third-order valence-corrected chi connectivity index (χ3v) is 4.96. The summed E-state index contributed by atoms with van der Waals surface area (Å²) in [5.74, 6) is 1.85. The number of benzene rings is 1. The topological polar surface area (TPSA) is 75.5 Å². The molecule has 0 spiro atoms.